The number of anilines is 1. The van der Waals surface area contributed by atoms with Gasteiger partial charge in [0.1, 0.15) is 5.75 Å². The van der Waals surface area contributed by atoms with Gasteiger partial charge in [-0.1, -0.05) is 36.4 Å². The average Bonchev–Trinajstić information content (AvgIpc) is 3.01. The molecule has 0 bridgehead atoms. The molecule has 4 rings (SSSR count). The van der Waals surface area contributed by atoms with Crippen LogP contribution in [0.5, 0.6) is 5.75 Å². The Morgan fingerprint density at radius 3 is 2.20 bits per heavy atom. The number of carbonyl (C=O) groups is 3. The Balaban J connectivity index is 1.48. The van der Waals surface area contributed by atoms with Crippen molar-refractivity contribution in [1.29, 1.82) is 5.26 Å². The van der Waals surface area contributed by atoms with E-state index in [0.29, 0.717) is 35.3 Å². The summed E-state index contributed by atoms with van der Waals surface area (Å²) in [5, 5.41) is 11.7. The predicted molar refractivity (Wildman–Crippen MR) is 159 cm³/mol. The number of hydrogen-bond donors (Lipinski definition) is 1. The van der Waals surface area contributed by atoms with Crippen molar-refractivity contribution in [1.82, 2.24) is 4.90 Å². The van der Waals surface area contributed by atoms with E-state index in [-0.39, 0.29) is 29.1 Å². The summed E-state index contributed by atoms with van der Waals surface area (Å²) in [6.07, 6.45) is -3.46. The Kier molecular flexibility index (Phi) is 9.81. The van der Waals surface area contributed by atoms with Crippen molar-refractivity contribution in [2.75, 3.05) is 19.4 Å². The zero-order valence-electron chi connectivity index (χ0n) is 23.9. The fraction of sp³-hybridized carbons (Fsp3) is 0.176. The first kappa shape index (κ1) is 31.5. The molecule has 0 unspecified atom stereocenters. The number of amides is 2. The summed E-state index contributed by atoms with van der Waals surface area (Å²) in [5.41, 5.74) is 2.03. The minimum Gasteiger partial charge on any atom is -0.427 e. The Hall–Kier alpha value is -5.43. The highest BCUT2D eigenvalue weighted by Crippen LogP contribution is 2.32. The number of hydrogen-bond acceptors (Lipinski definition) is 5. The van der Waals surface area contributed by atoms with Crippen LogP contribution in [0.3, 0.4) is 0 Å². The quantitative estimate of drug-likeness (QED) is 0.163. The SMILES string of the molecule is CN(C)C(=O)c1cc(CCCC(=O)Oc2ccc(C#N)cc2)ccc1NC(=O)c1ccccc1-c1ccc(C(F)(F)F)cc1. The van der Waals surface area contributed by atoms with Crippen LogP contribution in [-0.4, -0.2) is 36.8 Å². The molecule has 2 amide bonds. The maximum absolute atomic E-state index is 13.4. The Bertz CT molecular complexity index is 1710. The van der Waals surface area contributed by atoms with E-state index in [1.807, 2.05) is 6.07 Å². The molecule has 0 aliphatic carbocycles. The lowest BCUT2D eigenvalue weighted by Crippen LogP contribution is -2.24. The number of rotatable bonds is 9. The average molecular weight is 600 g/mol. The normalized spacial score (nSPS) is 10.9. The molecule has 44 heavy (non-hydrogen) atoms. The summed E-state index contributed by atoms with van der Waals surface area (Å²) >= 11 is 0. The van der Waals surface area contributed by atoms with Gasteiger partial charge in [-0.05, 0) is 84.1 Å². The first-order valence-electron chi connectivity index (χ1n) is 13.6. The third kappa shape index (κ3) is 7.89. The van der Waals surface area contributed by atoms with Crippen LogP contribution in [0.25, 0.3) is 11.1 Å². The van der Waals surface area contributed by atoms with Gasteiger partial charge in [-0.25, -0.2) is 0 Å². The third-order valence-electron chi connectivity index (χ3n) is 6.73. The first-order valence-corrected chi connectivity index (χ1v) is 13.6. The zero-order chi connectivity index (χ0) is 31.9. The number of benzene rings is 4. The lowest BCUT2D eigenvalue weighted by molar-refractivity contribution is -0.137. The molecule has 0 fully saturated rings. The van der Waals surface area contributed by atoms with E-state index in [0.717, 1.165) is 17.7 Å². The zero-order valence-corrected chi connectivity index (χ0v) is 23.9. The molecule has 1 N–H and O–H groups in total. The van der Waals surface area contributed by atoms with Gasteiger partial charge >= 0.3 is 12.1 Å². The Labute approximate surface area is 252 Å². The number of halogens is 3. The highest BCUT2D eigenvalue weighted by molar-refractivity contribution is 6.11. The number of carbonyl (C=O) groups excluding carboxylic acids is 3. The first-order chi connectivity index (χ1) is 21.0. The summed E-state index contributed by atoms with van der Waals surface area (Å²) < 4.78 is 44.4. The molecule has 4 aromatic rings. The lowest BCUT2D eigenvalue weighted by atomic mass is 9.97. The van der Waals surface area contributed by atoms with E-state index in [4.69, 9.17) is 10.00 Å². The molecule has 0 spiro atoms. The van der Waals surface area contributed by atoms with Gasteiger partial charge in [0.25, 0.3) is 11.8 Å². The summed E-state index contributed by atoms with van der Waals surface area (Å²) in [6, 6.07) is 24.3. The highest BCUT2D eigenvalue weighted by Gasteiger charge is 2.30. The Morgan fingerprint density at radius 2 is 1.57 bits per heavy atom. The smallest absolute Gasteiger partial charge is 0.416 e. The van der Waals surface area contributed by atoms with Gasteiger partial charge in [-0.2, -0.15) is 18.4 Å². The van der Waals surface area contributed by atoms with Crippen LogP contribution in [0.1, 0.15) is 50.2 Å². The summed E-state index contributed by atoms with van der Waals surface area (Å²) in [5.74, 6) is -0.979. The minimum atomic E-state index is -4.48. The van der Waals surface area contributed by atoms with Crippen molar-refractivity contribution in [3.63, 3.8) is 0 Å². The van der Waals surface area contributed by atoms with Crippen molar-refractivity contribution < 1.29 is 32.3 Å². The topological polar surface area (TPSA) is 99.5 Å². The Morgan fingerprint density at radius 1 is 0.886 bits per heavy atom. The number of nitriles is 1. The molecule has 0 heterocycles. The second kappa shape index (κ2) is 13.7. The fourth-order valence-electron chi connectivity index (χ4n) is 4.45. The highest BCUT2D eigenvalue weighted by atomic mass is 19.4. The molecule has 0 aliphatic rings. The number of esters is 1. The van der Waals surface area contributed by atoms with E-state index in [1.165, 1.54) is 17.0 Å². The van der Waals surface area contributed by atoms with Crippen LogP contribution in [0.2, 0.25) is 0 Å². The number of aryl methyl sites for hydroxylation is 1. The molecule has 7 nitrogen and oxygen atoms in total. The number of nitrogens with zero attached hydrogens (tertiary/aromatic N) is 2. The van der Waals surface area contributed by atoms with Gasteiger partial charge in [0, 0.05) is 26.1 Å². The van der Waals surface area contributed by atoms with E-state index in [1.54, 1.807) is 80.8 Å². The van der Waals surface area contributed by atoms with E-state index >= 15 is 0 Å². The van der Waals surface area contributed by atoms with E-state index in [9.17, 15) is 27.6 Å². The second-order valence-electron chi connectivity index (χ2n) is 10.1. The summed E-state index contributed by atoms with van der Waals surface area (Å²) in [6.45, 7) is 0. The van der Waals surface area contributed by atoms with Crippen LogP contribution in [0, 0.1) is 11.3 Å². The van der Waals surface area contributed by atoms with Crippen LogP contribution < -0.4 is 10.1 Å². The molecular formula is C34H28F3N3O4. The molecule has 0 aromatic heterocycles. The van der Waals surface area contributed by atoms with Crippen LogP contribution in [0.4, 0.5) is 18.9 Å². The molecule has 10 heteroatoms. The molecule has 0 aliphatic heterocycles. The third-order valence-corrected chi connectivity index (χ3v) is 6.73. The lowest BCUT2D eigenvalue weighted by Gasteiger charge is -2.17. The number of alkyl halides is 3. The molecule has 0 atom stereocenters. The monoisotopic (exact) mass is 599 g/mol. The summed E-state index contributed by atoms with van der Waals surface area (Å²) in [4.78, 5) is 40.1. The van der Waals surface area contributed by atoms with Crippen molar-refractivity contribution in [2.45, 2.75) is 25.4 Å². The van der Waals surface area contributed by atoms with E-state index < -0.39 is 23.6 Å². The summed E-state index contributed by atoms with van der Waals surface area (Å²) in [7, 11) is 3.17. The van der Waals surface area contributed by atoms with Crippen LogP contribution in [0.15, 0.2) is 91.0 Å². The van der Waals surface area contributed by atoms with Crippen molar-refractivity contribution in [3.8, 4) is 22.9 Å². The van der Waals surface area contributed by atoms with E-state index in [2.05, 4.69) is 5.32 Å². The van der Waals surface area contributed by atoms with Gasteiger partial charge in [-0.3, -0.25) is 14.4 Å². The number of ether oxygens (including phenoxy) is 1. The minimum absolute atomic E-state index is 0.121. The maximum atomic E-state index is 13.4. The van der Waals surface area contributed by atoms with Crippen molar-refractivity contribution >= 4 is 23.5 Å². The van der Waals surface area contributed by atoms with Crippen molar-refractivity contribution in [2.24, 2.45) is 0 Å². The van der Waals surface area contributed by atoms with Gasteiger partial charge in [0.15, 0.2) is 0 Å². The fourth-order valence-corrected chi connectivity index (χ4v) is 4.45. The largest absolute Gasteiger partial charge is 0.427 e. The van der Waals surface area contributed by atoms with Crippen LogP contribution in [-0.2, 0) is 17.4 Å². The van der Waals surface area contributed by atoms with Crippen LogP contribution >= 0.6 is 0 Å². The van der Waals surface area contributed by atoms with Gasteiger partial charge in [-0.15, -0.1) is 0 Å². The van der Waals surface area contributed by atoms with Gasteiger partial charge in [0.2, 0.25) is 0 Å². The molecular weight excluding hydrogens is 571 g/mol. The maximum Gasteiger partial charge on any atom is 0.416 e. The molecule has 224 valence electrons. The molecule has 0 radical (unpaired) electrons. The molecule has 4 aromatic carbocycles. The number of nitrogens with one attached hydrogen (secondary N) is 1. The predicted octanol–water partition coefficient (Wildman–Crippen LogP) is 7.13. The molecule has 0 saturated heterocycles. The standard InChI is InChI=1S/C34H28F3N3O4/c1-40(2)33(43)29-20-22(6-5-9-31(41)44-26-17-10-23(21-38)11-18-26)12-19-30(29)39-32(42)28-8-4-3-7-27(28)24-13-15-25(16-14-24)34(35,36)37/h3-4,7-8,10-20H,5-6,9H2,1-2H3,(H,39,42). The van der Waals surface area contributed by atoms with Gasteiger partial charge < -0.3 is 15.0 Å². The molecule has 0 saturated carbocycles. The van der Waals surface area contributed by atoms with Gasteiger partial charge in [0.05, 0.1) is 28.4 Å². The van der Waals surface area contributed by atoms with Crippen molar-refractivity contribution in [3.05, 3.63) is 119 Å². The second-order valence-corrected chi connectivity index (χ2v) is 10.1.